The van der Waals surface area contributed by atoms with Gasteiger partial charge in [-0.3, -0.25) is 9.48 Å². The second-order valence-electron chi connectivity index (χ2n) is 3.24. The number of hydrogen-bond donors (Lipinski definition) is 0. The van der Waals surface area contributed by atoms with Crippen molar-refractivity contribution in [1.82, 2.24) is 14.3 Å². The lowest BCUT2D eigenvalue weighted by molar-refractivity contribution is 0.768. The molecule has 0 atom stereocenters. The van der Waals surface area contributed by atoms with Gasteiger partial charge in [0.25, 0.3) is 5.56 Å². The van der Waals surface area contributed by atoms with E-state index >= 15 is 0 Å². The van der Waals surface area contributed by atoms with Crippen LogP contribution in [0.25, 0.3) is 11.1 Å². The van der Waals surface area contributed by atoms with Crippen LogP contribution in [-0.2, 0) is 14.1 Å². The zero-order valence-electron chi connectivity index (χ0n) is 8.14. The number of hydrogen-bond acceptors (Lipinski definition) is 2. The van der Waals surface area contributed by atoms with Crippen molar-refractivity contribution in [3.8, 4) is 11.1 Å². The molecule has 72 valence electrons. The Morgan fingerprint density at radius 1 is 1.36 bits per heavy atom. The first-order chi connectivity index (χ1) is 6.68. The Morgan fingerprint density at radius 3 is 2.79 bits per heavy atom. The minimum Gasteiger partial charge on any atom is -0.318 e. The van der Waals surface area contributed by atoms with Gasteiger partial charge in [0.05, 0.1) is 11.8 Å². The van der Waals surface area contributed by atoms with Crippen LogP contribution in [0.5, 0.6) is 0 Å². The van der Waals surface area contributed by atoms with E-state index in [-0.39, 0.29) is 5.56 Å². The minimum atomic E-state index is 0.000463. The van der Waals surface area contributed by atoms with E-state index in [1.165, 1.54) is 0 Å². The van der Waals surface area contributed by atoms with Gasteiger partial charge in [-0.2, -0.15) is 5.10 Å². The zero-order valence-corrected chi connectivity index (χ0v) is 8.14. The van der Waals surface area contributed by atoms with Gasteiger partial charge in [0.15, 0.2) is 0 Å². The first-order valence-electron chi connectivity index (χ1n) is 4.33. The Labute approximate surface area is 81.4 Å². The van der Waals surface area contributed by atoms with Gasteiger partial charge < -0.3 is 4.57 Å². The molecule has 4 nitrogen and oxygen atoms in total. The van der Waals surface area contributed by atoms with Crippen LogP contribution in [0.15, 0.2) is 35.5 Å². The quantitative estimate of drug-likeness (QED) is 0.665. The molecule has 2 aromatic rings. The van der Waals surface area contributed by atoms with Gasteiger partial charge in [0, 0.05) is 32.1 Å². The summed E-state index contributed by atoms with van der Waals surface area (Å²) in [6.07, 6.45) is 5.26. The highest BCUT2D eigenvalue weighted by molar-refractivity contribution is 5.60. The van der Waals surface area contributed by atoms with Crippen LogP contribution in [0.3, 0.4) is 0 Å². The summed E-state index contributed by atoms with van der Waals surface area (Å²) in [6.45, 7) is 0. The van der Waals surface area contributed by atoms with Gasteiger partial charge in [-0.1, -0.05) is 0 Å². The molecule has 0 saturated carbocycles. The van der Waals surface area contributed by atoms with E-state index in [1.807, 2.05) is 19.3 Å². The molecular formula is C10H11N3O. The summed E-state index contributed by atoms with van der Waals surface area (Å²) in [4.78, 5) is 11.7. The van der Waals surface area contributed by atoms with Crippen LogP contribution in [0.4, 0.5) is 0 Å². The Hall–Kier alpha value is -1.84. The van der Waals surface area contributed by atoms with E-state index in [0.717, 1.165) is 5.56 Å². The van der Waals surface area contributed by atoms with E-state index < -0.39 is 0 Å². The van der Waals surface area contributed by atoms with E-state index in [2.05, 4.69) is 5.10 Å². The molecule has 0 aliphatic rings. The molecule has 2 rings (SSSR count). The molecule has 0 aliphatic heterocycles. The lowest BCUT2D eigenvalue weighted by atomic mass is 10.1. The van der Waals surface area contributed by atoms with Gasteiger partial charge in [-0.25, -0.2) is 0 Å². The molecule has 2 aromatic heterocycles. The van der Waals surface area contributed by atoms with Crippen molar-refractivity contribution >= 4 is 0 Å². The van der Waals surface area contributed by atoms with Gasteiger partial charge in [0.2, 0.25) is 0 Å². The normalized spacial score (nSPS) is 10.4. The summed E-state index contributed by atoms with van der Waals surface area (Å²) in [5, 5.41) is 4.03. The number of nitrogens with zero attached hydrogens (tertiary/aromatic N) is 3. The molecule has 0 fully saturated rings. The fourth-order valence-electron chi connectivity index (χ4n) is 1.38. The maximum atomic E-state index is 11.7. The topological polar surface area (TPSA) is 39.8 Å². The zero-order chi connectivity index (χ0) is 10.1. The van der Waals surface area contributed by atoms with E-state index in [4.69, 9.17) is 0 Å². The fraction of sp³-hybridized carbons (Fsp3) is 0.200. The van der Waals surface area contributed by atoms with Crippen LogP contribution in [-0.4, -0.2) is 14.3 Å². The second-order valence-corrected chi connectivity index (χ2v) is 3.24. The average Bonchev–Trinajstić information content (AvgIpc) is 2.57. The van der Waals surface area contributed by atoms with E-state index in [9.17, 15) is 4.79 Å². The molecule has 0 N–H and O–H groups in total. The Morgan fingerprint density at radius 2 is 2.14 bits per heavy atom. The van der Waals surface area contributed by atoms with Gasteiger partial charge in [0.1, 0.15) is 0 Å². The number of rotatable bonds is 1. The lowest BCUT2D eigenvalue weighted by Crippen LogP contribution is -2.16. The molecule has 0 aromatic carbocycles. The first-order valence-corrected chi connectivity index (χ1v) is 4.33. The summed E-state index contributed by atoms with van der Waals surface area (Å²) >= 11 is 0. The molecule has 0 saturated heterocycles. The standard InChI is InChI=1S/C10H11N3O/c1-12-5-3-4-9(10(12)14)8-6-11-13(2)7-8/h3-7H,1-2H3. The molecule has 0 amide bonds. The predicted molar refractivity (Wildman–Crippen MR) is 53.9 cm³/mol. The minimum absolute atomic E-state index is 0.000463. The van der Waals surface area contributed by atoms with Gasteiger partial charge in [-0.15, -0.1) is 0 Å². The molecule has 0 unspecified atom stereocenters. The smallest absolute Gasteiger partial charge is 0.258 e. The predicted octanol–water partition coefficient (Wildman–Crippen LogP) is 0.786. The highest BCUT2D eigenvalue weighted by Gasteiger charge is 2.05. The van der Waals surface area contributed by atoms with Gasteiger partial charge in [-0.05, 0) is 12.1 Å². The maximum Gasteiger partial charge on any atom is 0.258 e. The van der Waals surface area contributed by atoms with Crippen LogP contribution in [0.2, 0.25) is 0 Å². The highest BCUT2D eigenvalue weighted by Crippen LogP contribution is 2.12. The molecule has 0 spiro atoms. The summed E-state index contributed by atoms with van der Waals surface area (Å²) in [5.41, 5.74) is 1.54. The molecule has 14 heavy (non-hydrogen) atoms. The van der Waals surface area contributed by atoms with Crippen LogP contribution in [0.1, 0.15) is 0 Å². The SMILES string of the molecule is Cn1cc(-c2cccn(C)c2=O)cn1. The van der Waals surface area contributed by atoms with Crippen molar-refractivity contribution in [2.45, 2.75) is 0 Å². The number of pyridine rings is 1. The maximum absolute atomic E-state index is 11.7. The van der Waals surface area contributed by atoms with Crippen molar-refractivity contribution in [3.05, 3.63) is 41.1 Å². The van der Waals surface area contributed by atoms with Crippen LogP contribution < -0.4 is 5.56 Å². The summed E-state index contributed by atoms with van der Waals surface area (Å²) < 4.78 is 3.24. The molecular weight excluding hydrogens is 178 g/mol. The lowest BCUT2D eigenvalue weighted by Gasteiger charge is -1.99. The number of aryl methyl sites for hydroxylation is 2. The third-order valence-electron chi connectivity index (χ3n) is 2.14. The Bertz CT molecular complexity index is 510. The van der Waals surface area contributed by atoms with Crippen LogP contribution >= 0.6 is 0 Å². The fourth-order valence-corrected chi connectivity index (χ4v) is 1.38. The van der Waals surface area contributed by atoms with Crippen molar-refractivity contribution < 1.29 is 0 Å². The van der Waals surface area contributed by atoms with Crippen molar-refractivity contribution in [2.75, 3.05) is 0 Å². The summed E-state index contributed by atoms with van der Waals surface area (Å²) in [5.74, 6) is 0. The summed E-state index contributed by atoms with van der Waals surface area (Å²) in [7, 11) is 3.57. The van der Waals surface area contributed by atoms with Gasteiger partial charge >= 0.3 is 0 Å². The van der Waals surface area contributed by atoms with Crippen molar-refractivity contribution in [3.63, 3.8) is 0 Å². The third-order valence-corrected chi connectivity index (χ3v) is 2.14. The number of aromatic nitrogens is 3. The van der Waals surface area contributed by atoms with Crippen molar-refractivity contribution in [1.29, 1.82) is 0 Å². The molecule has 0 bridgehead atoms. The second kappa shape index (κ2) is 3.14. The monoisotopic (exact) mass is 189 g/mol. The molecule has 4 heteroatoms. The van der Waals surface area contributed by atoms with Crippen molar-refractivity contribution in [2.24, 2.45) is 14.1 Å². The van der Waals surface area contributed by atoms with Crippen LogP contribution in [0, 0.1) is 0 Å². The van der Waals surface area contributed by atoms with E-state index in [1.54, 1.807) is 34.8 Å². The Balaban J connectivity index is 2.63. The Kier molecular flexibility index (Phi) is 1.96. The third kappa shape index (κ3) is 1.35. The molecule has 0 aliphatic carbocycles. The highest BCUT2D eigenvalue weighted by atomic mass is 16.1. The molecule has 2 heterocycles. The molecule has 0 radical (unpaired) electrons. The largest absolute Gasteiger partial charge is 0.318 e. The average molecular weight is 189 g/mol. The van der Waals surface area contributed by atoms with E-state index in [0.29, 0.717) is 5.56 Å². The summed E-state index contributed by atoms with van der Waals surface area (Å²) in [6, 6.07) is 3.66. The first kappa shape index (κ1) is 8.74.